The zero-order valence-corrected chi connectivity index (χ0v) is 21.0. The number of fused-ring (bicyclic) bond motifs is 3. The minimum Gasteiger partial charge on any atom is -0.406 e. The lowest BCUT2D eigenvalue weighted by atomic mass is 9.97. The summed E-state index contributed by atoms with van der Waals surface area (Å²) in [6.45, 7) is 0.965. The highest BCUT2D eigenvalue weighted by Crippen LogP contribution is 2.35. The number of halogens is 3. The Labute approximate surface area is 212 Å². The summed E-state index contributed by atoms with van der Waals surface area (Å²) in [6, 6.07) is 19.8. The van der Waals surface area contributed by atoms with Gasteiger partial charge in [0, 0.05) is 41.9 Å². The molecule has 1 saturated heterocycles. The first-order valence-electron chi connectivity index (χ1n) is 11.7. The van der Waals surface area contributed by atoms with Gasteiger partial charge in [0.15, 0.2) is 0 Å². The van der Waals surface area contributed by atoms with E-state index in [9.17, 15) is 22.5 Å². The van der Waals surface area contributed by atoms with Crippen LogP contribution < -0.4 is 9.46 Å². The molecule has 196 valence electrons. The fraction of sp³-hybridized carbons (Fsp3) is 0.308. The Morgan fingerprint density at radius 3 is 2.08 bits per heavy atom. The molecule has 1 fully saturated rings. The largest absolute Gasteiger partial charge is 0.573 e. The summed E-state index contributed by atoms with van der Waals surface area (Å²) in [5.41, 5.74) is 1.98. The summed E-state index contributed by atoms with van der Waals surface area (Å²) in [5, 5.41) is 13.8. The number of rotatable bonds is 5. The quantitative estimate of drug-likeness (QED) is 0.395. The van der Waals surface area contributed by atoms with Gasteiger partial charge >= 0.3 is 6.36 Å². The maximum absolute atomic E-state index is 13.8. The summed E-state index contributed by atoms with van der Waals surface area (Å²) < 4.78 is 64.5. The van der Waals surface area contributed by atoms with Crippen LogP contribution in [0.1, 0.15) is 6.04 Å². The fourth-order valence-electron chi connectivity index (χ4n) is 5.12. The molecule has 1 aliphatic rings. The van der Waals surface area contributed by atoms with Gasteiger partial charge in [-0.05, 0) is 43.4 Å². The van der Waals surface area contributed by atoms with Crippen LogP contribution in [0.25, 0.3) is 21.8 Å². The number of likely N-dealkylation sites (tertiary alicyclic amines) is 1. The number of alkyl halides is 3. The predicted octanol–water partition coefficient (Wildman–Crippen LogP) is 4.57. The van der Waals surface area contributed by atoms with Gasteiger partial charge in [0.2, 0.25) is 0 Å². The monoisotopic (exact) mass is 532 g/mol. The van der Waals surface area contributed by atoms with Crippen LogP contribution in [0, 0.1) is 0 Å². The van der Waals surface area contributed by atoms with E-state index in [1.165, 1.54) is 19.2 Å². The lowest BCUT2D eigenvalue weighted by Gasteiger charge is -2.41. The van der Waals surface area contributed by atoms with E-state index in [4.69, 9.17) is 0 Å². The molecule has 2 heterocycles. The molecule has 4 atom stereocenters. The zero-order valence-electron chi connectivity index (χ0n) is 20.2. The second kappa shape index (κ2) is 9.64. The maximum atomic E-state index is 13.8. The molecule has 1 aromatic heterocycles. The molecule has 4 aromatic rings. The Hall–Kier alpha value is -3.12. The first kappa shape index (κ1) is 25.5. The first-order chi connectivity index (χ1) is 17.6. The van der Waals surface area contributed by atoms with Crippen molar-refractivity contribution in [3.63, 3.8) is 0 Å². The molecule has 3 aromatic carbocycles. The molecule has 1 aliphatic heterocycles. The summed E-state index contributed by atoms with van der Waals surface area (Å²) in [6.07, 6.45) is -5.75. The second-order valence-corrected chi connectivity index (χ2v) is 11.3. The van der Waals surface area contributed by atoms with Gasteiger partial charge in [0.25, 0.3) is 0 Å². The number of aliphatic hydroxyl groups excluding tert-OH is 1. The molecule has 5 rings (SSSR count). The van der Waals surface area contributed by atoms with E-state index in [2.05, 4.69) is 30.5 Å². The summed E-state index contributed by atoms with van der Waals surface area (Å²) in [7, 11) is 0.0430. The third-order valence-electron chi connectivity index (χ3n) is 6.71. The van der Waals surface area contributed by atoms with Crippen molar-refractivity contribution in [2.75, 3.05) is 27.2 Å². The van der Waals surface area contributed by atoms with E-state index in [0.717, 1.165) is 33.9 Å². The van der Waals surface area contributed by atoms with Crippen LogP contribution in [-0.2, 0) is 9.92 Å². The Morgan fingerprint density at radius 2 is 1.54 bits per heavy atom. The van der Waals surface area contributed by atoms with E-state index in [0.29, 0.717) is 13.1 Å². The highest BCUT2D eigenvalue weighted by Gasteiger charge is 2.38. The van der Waals surface area contributed by atoms with E-state index in [1.807, 2.05) is 48.3 Å². The number of nitrogens with zero attached hydrogens (tertiary/aromatic N) is 3. The Balaban J connectivity index is 1.48. The van der Waals surface area contributed by atoms with Crippen molar-refractivity contribution in [3.05, 3.63) is 72.8 Å². The highest BCUT2D eigenvalue weighted by atomic mass is 32.2. The van der Waals surface area contributed by atoms with Crippen LogP contribution in [-0.4, -0.2) is 64.5 Å². The van der Waals surface area contributed by atoms with Crippen molar-refractivity contribution in [2.45, 2.75) is 29.4 Å². The summed E-state index contributed by atoms with van der Waals surface area (Å²) in [5.74, 6) is -0.419. The van der Waals surface area contributed by atoms with Crippen LogP contribution in [0.15, 0.2) is 82.1 Å². The van der Waals surface area contributed by atoms with Gasteiger partial charge in [-0.25, -0.2) is 13.3 Å². The number of ether oxygens (including phenoxy) is 1. The summed E-state index contributed by atoms with van der Waals surface area (Å²) >= 11 is 0. The number of aromatic nitrogens is 1. The standard InChI is InChI=1S/C26H27F3N4O3S/c1-30-37(35,18-13-11-17(12-14-18)36-26(27,28)29)31-21-15-32(2)16-24(25(21)34)33-22-9-5-3-7-19(22)20-8-4-6-10-23(20)33/h3-14,21,24-25,34H,15-16H2,1-2H3,(H,30,31,35). The molecular weight excluding hydrogens is 505 g/mol. The molecule has 0 aliphatic carbocycles. The van der Waals surface area contributed by atoms with Crippen molar-refractivity contribution in [2.24, 2.45) is 4.36 Å². The van der Waals surface area contributed by atoms with E-state index < -0.39 is 34.2 Å². The molecule has 0 spiro atoms. The van der Waals surface area contributed by atoms with Crippen LogP contribution >= 0.6 is 0 Å². The normalized spacial score (nSPS) is 22.7. The van der Waals surface area contributed by atoms with Crippen LogP contribution in [0.3, 0.4) is 0 Å². The van der Waals surface area contributed by atoms with Gasteiger partial charge in [-0.15, -0.1) is 13.2 Å². The van der Waals surface area contributed by atoms with Gasteiger partial charge in [0.05, 0.1) is 23.1 Å². The van der Waals surface area contributed by atoms with E-state index in [-0.39, 0.29) is 10.9 Å². The molecular formula is C26H27F3N4O3S. The number of benzene rings is 3. The number of nitrogens with one attached hydrogen (secondary N) is 1. The molecule has 0 radical (unpaired) electrons. The lowest BCUT2D eigenvalue weighted by molar-refractivity contribution is -0.274. The van der Waals surface area contributed by atoms with E-state index in [1.54, 1.807) is 0 Å². The van der Waals surface area contributed by atoms with Crippen molar-refractivity contribution >= 4 is 31.7 Å². The number of hydrogen-bond donors (Lipinski definition) is 2. The number of hydrogen-bond acceptors (Lipinski definition) is 5. The molecule has 7 nitrogen and oxygen atoms in total. The van der Waals surface area contributed by atoms with Gasteiger partial charge in [-0.1, -0.05) is 36.4 Å². The molecule has 2 N–H and O–H groups in total. The van der Waals surface area contributed by atoms with Crippen molar-refractivity contribution in [1.82, 2.24) is 14.2 Å². The second-order valence-electron chi connectivity index (χ2n) is 9.14. The van der Waals surface area contributed by atoms with Gasteiger partial charge < -0.3 is 19.3 Å². The van der Waals surface area contributed by atoms with Crippen LogP contribution in [0.5, 0.6) is 5.75 Å². The third kappa shape index (κ3) is 4.91. The van der Waals surface area contributed by atoms with Crippen LogP contribution in [0.2, 0.25) is 0 Å². The van der Waals surface area contributed by atoms with Crippen molar-refractivity contribution in [3.8, 4) is 5.75 Å². The Morgan fingerprint density at radius 1 is 0.973 bits per heavy atom. The molecule has 0 amide bonds. The minimum atomic E-state index is -4.82. The molecule has 4 unspecified atom stereocenters. The molecule has 37 heavy (non-hydrogen) atoms. The Kier molecular flexibility index (Phi) is 6.65. The summed E-state index contributed by atoms with van der Waals surface area (Å²) in [4.78, 5) is 2.24. The maximum Gasteiger partial charge on any atom is 0.573 e. The third-order valence-corrected chi connectivity index (χ3v) is 8.76. The number of aliphatic hydroxyl groups is 1. The minimum absolute atomic E-state index is 0.193. The Bertz CT molecular complexity index is 1490. The topological polar surface area (TPSA) is 79.1 Å². The van der Waals surface area contributed by atoms with Crippen molar-refractivity contribution in [1.29, 1.82) is 0 Å². The van der Waals surface area contributed by atoms with Crippen LogP contribution in [0.4, 0.5) is 13.2 Å². The number of piperidine rings is 1. The molecule has 0 bridgehead atoms. The predicted molar refractivity (Wildman–Crippen MR) is 137 cm³/mol. The van der Waals surface area contributed by atoms with E-state index >= 15 is 0 Å². The average molecular weight is 533 g/mol. The zero-order chi connectivity index (χ0) is 26.4. The highest BCUT2D eigenvalue weighted by molar-refractivity contribution is 7.91. The molecule has 0 saturated carbocycles. The van der Waals surface area contributed by atoms with Crippen molar-refractivity contribution < 1.29 is 27.2 Å². The molecule has 11 heteroatoms. The lowest BCUT2D eigenvalue weighted by Crippen LogP contribution is -2.58. The first-order valence-corrected chi connectivity index (χ1v) is 13.2. The van der Waals surface area contributed by atoms with Gasteiger partial charge in [-0.3, -0.25) is 0 Å². The fourth-order valence-corrected chi connectivity index (χ4v) is 6.70. The van der Waals surface area contributed by atoms with Gasteiger partial charge in [0.1, 0.15) is 15.7 Å². The average Bonchev–Trinajstić information content (AvgIpc) is 3.20. The smallest absolute Gasteiger partial charge is 0.406 e. The number of para-hydroxylation sites is 2. The number of likely N-dealkylation sites (N-methyl/N-ethyl adjacent to an activating group) is 1. The SMILES string of the molecule is CN=S(=O)(NC1CN(C)CC(n2c3ccccc3c3ccccc32)C1O)c1ccc(OC(F)(F)F)cc1. The van der Waals surface area contributed by atoms with Gasteiger partial charge in [-0.2, -0.15) is 0 Å².